The number of aromatic nitrogens is 1. The molecule has 0 atom stereocenters. The number of ether oxygens (including phenoxy) is 2. The molecule has 184 valence electrons. The van der Waals surface area contributed by atoms with Gasteiger partial charge in [-0.2, -0.15) is 0 Å². The van der Waals surface area contributed by atoms with E-state index in [-0.39, 0.29) is 17.6 Å². The quantitative estimate of drug-likeness (QED) is 0.420. The number of anilines is 1. The monoisotopic (exact) mass is 477 g/mol. The smallest absolute Gasteiger partial charge is 0.319 e. The van der Waals surface area contributed by atoms with Crippen LogP contribution in [0.3, 0.4) is 0 Å². The zero-order valence-corrected chi connectivity index (χ0v) is 20.2. The third-order valence-electron chi connectivity index (χ3n) is 6.03. The van der Waals surface area contributed by atoms with Crippen LogP contribution in [0.25, 0.3) is 10.9 Å². The van der Waals surface area contributed by atoms with Crippen molar-refractivity contribution in [3.05, 3.63) is 53.2 Å². The Kier molecular flexibility index (Phi) is 7.07. The topological polar surface area (TPSA) is 142 Å². The van der Waals surface area contributed by atoms with Gasteiger partial charge < -0.3 is 31.6 Å². The summed E-state index contributed by atoms with van der Waals surface area (Å²) >= 11 is 0. The summed E-state index contributed by atoms with van der Waals surface area (Å²) in [4.78, 5) is 28.3. The molecule has 2 fully saturated rings. The summed E-state index contributed by atoms with van der Waals surface area (Å²) in [6.07, 6.45) is 6.21. The van der Waals surface area contributed by atoms with Gasteiger partial charge in [0.1, 0.15) is 17.2 Å². The number of hydrogen-bond donors (Lipinski definition) is 4. The average molecular weight is 478 g/mol. The fraction of sp³-hybridized carbons (Fsp3) is 0.346. The van der Waals surface area contributed by atoms with Crippen LogP contribution in [0, 0.1) is 13.8 Å². The molecule has 0 unspecified atom stereocenters. The zero-order chi connectivity index (χ0) is 25.1. The molecule has 9 heteroatoms. The van der Waals surface area contributed by atoms with E-state index >= 15 is 0 Å². The summed E-state index contributed by atoms with van der Waals surface area (Å²) in [5, 5.41) is 6.44. The van der Waals surface area contributed by atoms with E-state index in [9.17, 15) is 9.59 Å². The normalized spacial score (nSPS) is 14.5. The number of carbonyl (C=O) groups is 2. The highest BCUT2D eigenvalue weighted by Crippen LogP contribution is 2.36. The van der Waals surface area contributed by atoms with Crippen LogP contribution in [-0.4, -0.2) is 36.1 Å². The van der Waals surface area contributed by atoms with E-state index in [2.05, 4.69) is 15.6 Å². The molecule has 6 N–H and O–H groups in total. The van der Waals surface area contributed by atoms with Crippen molar-refractivity contribution in [3.63, 3.8) is 0 Å². The van der Waals surface area contributed by atoms with Gasteiger partial charge in [-0.05, 0) is 74.9 Å². The Morgan fingerprint density at radius 1 is 1.00 bits per heavy atom. The molecule has 0 bridgehead atoms. The molecule has 3 aromatic rings. The maximum Gasteiger partial charge on any atom is 0.319 e. The Labute approximate surface area is 204 Å². The van der Waals surface area contributed by atoms with Gasteiger partial charge in [-0.25, -0.2) is 4.79 Å². The molecular weight excluding hydrogens is 446 g/mol. The Morgan fingerprint density at radius 2 is 1.71 bits per heavy atom. The first-order valence-electron chi connectivity index (χ1n) is 11.6. The second kappa shape index (κ2) is 10.2. The lowest BCUT2D eigenvalue weighted by molar-refractivity contribution is 0.0997. The Bertz CT molecular complexity index is 1270. The standard InChI is InChI=1S/C23H24N4O4.C3H7N/c1-12-13(2)19(7-6-17(12)27-23(29)26-14-4-5-14)31-20-8-9-25-18-11-21(30-3)16(22(24)28)10-15(18)20;4-3-1-2-3/h6-11,14H,4-5H2,1-3H3,(H2,24,28)(H2,26,27,29);3H,1-2,4H2. The molecule has 0 spiro atoms. The molecule has 0 saturated heterocycles. The number of nitrogens with zero attached hydrogens (tertiary/aromatic N) is 1. The first-order chi connectivity index (χ1) is 16.8. The molecule has 1 heterocycles. The predicted molar refractivity (Wildman–Crippen MR) is 135 cm³/mol. The fourth-order valence-corrected chi connectivity index (χ4v) is 3.43. The minimum atomic E-state index is -0.597. The second-order valence-electron chi connectivity index (χ2n) is 8.92. The van der Waals surface area contributed by atoms with Crippen LogP contribution in [0.2, 0.25) is 0 Å². The van der Waals surface area contributed by atoms with E-state index in [1.54, 1.807) is 30.5 Å². The minimum absolute atomic E-state index is 0.202. The van der Waals surface area contributed by atoms with Crippen LogP contribution in [0.15, 0.2) is 36.5 Å². The van der Waals surface area contributed by atoms with Crippen LogP contribution < -0.4 is 31.6 Å². The summed E-state index contributed by atoms with van der Waals surface area (Å²) < 4.78 is 11.4. The highest BCUT2D eigenvalue weighted by Gasteiger charge is 2.23. The van der Waals surface area contributed by atoms with E-state index in [1.165, 1.54) is 20.0 Å². The number of nitrogens with two attached hydrogens (primary N) is 2. The highest BCUT2D eigenvalue weighted by molar-refractivity contribution is 6.01. The molecule has 1 aromatic heterocycles. The summed E-state index contributed by atoms with van der Waals surface area (Å²) in [7, 11) is 1.47. The van der Waals surface area contributed by atoms with E-state index in [0.717, 1.165) is 29.7 Å². The van der Waals surface area contributed by atoms with Gasteiger partial charge in [-0.15, -0.1) is 0 Å². The van der Waals surface area contributed by atoms with Gasteiger partial charge in [-0.3, -0.25) is 9.78 Å². The molecule has 5 rings (SSSR count). The second-order valence-corrected chi connectivity index (χ2v) is 8.92. The van der Waals surface area contributed by atoms with Gasteiger partial charge in [0.25, 0.3) is 5.91 Å². The average Bonchev–Trinajstić information content (AvgIpc) is 3.77. The van der Waals surface area contributed by atoms with Gasteiger partial charge in [0.15, 0.2) is 0 Å². The van der Waals surface area contributed by atoms with Crippen molar-refractivity contribution < 1.29 is 19.1 Å². The molecule has 2 aliphatic carbocycles. The third kappa shape index (κ3) is 5.99. The van der Waals surface area contributed by atoms with Crippen molar-refractivity contribution in [2.75, 3.05) is 12.4 Å². The van der Waals surface area contributed by atoms with E-state index in [4.69, 9.17) is 20.9 Å². The summed E-state index contributed by atoms with van der Waals surface area (Å²) in [6.45, 7) is 3.85. The number of pyridine rings is 1. The zero-order valence-electron chi connectivity index (χ0n) is 20.2. The predicted octanol–water partition coefficient (Wildman–Crippen LogP) is 4.14. The lowest BCUT2D eigenvalue weighted by atomic mass is 10.1. The number of urea groups is 1. The SMILES string of the molecule is COc1cc2nccc(Oc3ccc(NC(=O)NC4CC4)c(C)c3C)c2cc1C(N)=O.NC1CC1. The Hall–Kier alpha value is -3.85. The van der Waals surface area contributed by atoms with Gasteiger partial charge in [0.05, 0.1) is 18.2 Å². The number of nitrogens with one attached hydrogen (secondary N) is 2. The number of hydrogen-bond acceptors (Lipinski definition) is 6. The maximum absolute atomic E-state index is 12.1. The van der Waals surface area contributed by atoms with Crippen LogP contribution >= 0.6 is 0 Å². The lowest BCUT2D eigenvalue weighted by Gasteiger charge is -2.16. The molecule has 9 nitrogen and oxygen atoms in total. The Balaban J connectivity index is 0.000000656. The maximum atomic E-state index is 12.1. The number of amides is 3. The molecular formula is C26H31N5O4. The van der Waals surface area contributed by atoms with Crippen LogP contribution in [-0.2, 0) is 0 Å². The molecule has 2 aromatic carbocycles. The van der Waals surface area contributed by atoms with Crippen molar-refractivity contribution in [2.24, 2.45) is 11.5 Å². The third-order valence-corrected chi connectivity index (χ3v) is 6.03. The van der Waals surface area contributed by atoms with Crippen LogP contribution in [0.4, 0.5) is 10.5 Å². The van der Waals surface area contributed by atoms with Gasteiger partial charge in [0, 0.05) is 35.4 Å². The molecule has 2 aliphatic rings. The lowest BCUT2D eigenvalue weighted by Crippen LogP contribution is -2.30. The van der Waals surface area contributed by atoms with Crippen molar-refractivity contribution in [2.45, 2.75) is 51.6 Å². The van der Waals surface area contributed by atoms with E-state index < -0.39 is 5.91 Å². The van der Waals surface area contributed by atoms with Gasteiger partial charge in [0.2, 0.25) is 0 Å². The van der Waals surface area contributed by atoms with Gasteiger partial charge >= 0.3 is 6.03 Å². The first-order valence-corrected chi connectivity index (χ1v) is 11.6. The molecule has 35 heavy (non-hydrogen) atoms. The number of methoxy groups -OCH3 is 1. The minimum Gasteiger partial charge on any atom is -0.496 e. The molecule has 0 aliphatic heterocycles. The number of primary amides is 1. The first kappa shape index (κ1) is 24.3. The fourth-order valence-electron chi connectivity index (χ4n) is 3.43. The van der Waals surface area contributed by atoms with Crippen molar-refractivity contribution >= 4 is 28.5 Å². The molecule has 0 radical (unpaired) electrons. The van der Waals surface area contributed by atoms with E-state index in [0.29, 0.717) is 34.2 Å². The van der Waals surface area contributed by atoms with Crippen LogP contribution in [0.5, 0.6) is 17.2 Å². The summed E-state index contributed by atoms with van der Waals surface area (Å²) in [5.41, 5.74) is 14.1. The number of rotatable bonds is 6. The summed E-state index contributed by atoms with van der Waals surface area (Å²) in [6, 6.07) is 9.29. The van der Waals surface area contributed by atoms with Crippen molar-refractivity contribution in [1.29, 1.82) is 0 Å². The number of fused-ring (bicyclic) bond motifs is 1. The molecule has 2 saturated carbocycles. The number of benzene rings is 2. The summed E-state index contributed by atoms with van der Waals surface area (Å²) in [5.74, 6) is 0.927. The highest BCUT2D eigenvalue weighted by atomic mass is 16.5. The van der Waals surface area contributed by atoms with Crippen LogP contribution in [0.1, 0.15) is 47.2 Å². The van der Waals surface area contributed by atoms with E-state index in [1.807, 2.05) is 19.9 Å². The van der Waals surface area contributed by atoms with Crippen molar-refractivity contribution in [1.82, 2.24) is 10.3 Å². The number of carbonyl (C=O) groups excluding carboxylic acids is 2. The Morgan fingerprint density at radius 3 is 2.31 bits per heavy atom. The van der Waals surface area contributed by atoms with Gasteiger partial charge in [-0.1, -0.05) is 0 Å². The molecule has 3 amide bonds. The van der Waals surface area contributed by atoms with Crippen molar-refractivity contribution in [3.8, 4) is 17.2 Å². The largest absolute Gasteiger partial charge is 0.496 e.